The van der Waals surface area contributed by atoms with Crippen molar-refractivity contribution in [3.8, 4) is 17.5 Å². The second-order valence-corrected chi connectivity index (χ2v) is 19.3. The lowest BCUT2D eigenvalue weighted by Crippen LogP contribution is -2.37. The van der Waals surface area contributed by atoms with Crippen LogP contribution in [0.25, 0.3) is 11.3 Å². The smallest absolute Gasteiger partial charge is 0.164 e. The van der Waals surface area contributed by atoms with E-state index in [9.17, 15) is 5.26 Å². The van der Waals surface area contributed by atoms with Gasteiger partial charge in [-0.25, -0.2) is 0 Å². The Bertz CT molecular complexity index is 1020. The highest BCUT2D eigenvalue weighted by molar-refractivity contribution is 6.88. The Morgan fingerprint density at radius 3 is 2.23 bits per heavy atom. The van der Waals surface area contributed by atoms with Gasteiger partial charge in [-0.2, -0.15) is 10.4 Å². The Morgan fingerprint density at radius 1 is 1.10 bits per heavy atom. The lowest BCUT2D eigenvalue weighted by atomic mass is 10.0. The second kappa shape index (κ2) is 9.51. The molecule has 6 heteroatoms. The van der Waals surface area contributed by atoms with Gasteiger partial charge < -0.3 is 4.74 Å². The van der Waals surface area contributed by atoms with Crippen molar-refractivity contribution in [2.45, 2.75) is 59.7 Å². The van der Waals surface area contributed by atoms with Crippen LogP contribution < -0.4 is 5.19 Å². The molecule has 158 valence electrons. The number of allylic oxidation sites excluding steroid dienone is 1. The molecule has 2 rings (SSSR count). The number of nitriles is 1. The van der Waals surface area contributed by atoms with Crippen LogP contribution in [0.3, 0.4) is 0 Å². The monoisotopic (exact) mass is 435 g/mol. The Hall–Kier alpha value is -2.55. The third-order valence-electron chi connectivity index (χ3n) is 4.56. The number of hydrogen-bond acceptors (Lipinski definition) is 3. The molecule has 0 saturated carbocycles. The number of ether oxygens (including phenoxy) is 1. The minimum absolute atomic E-state index is 0.256. The van der Waals surface area contributed by atoms with Crippen molar-refractivity contribution in [2.75, 3.05) is 6.61 Å². The van der Waals surface area contributed by atoms with Crippen molar-refractivity contribution in [3.63, 3.8) is 0 Å². The van der Waals surface area contributed by atoms with Crippen LogP contribution in [0.15, 0.2) is 30.3 Å². The zero-order valence-corrected chi connectivity index (χ0v) is 21.6. The van der Waals surface area contributed by atoms with E-state index in [0.29, 0.717) is 17.9 Å². The molecule has 0 aliphatic carbocycles. The standard InChI is InChI=1S/C24H33N3OSi2/c1-9-27-23(17-19(2)26-27)24(28-15-10-16-29(3,4)5)22(18-25)20-11-13-21(14-12-20)30(6,7)8/h11-14,17H,9,15H2,1-8H3. The van der Waals surface area contributed by atoms with E-state index in [1.807, 2.05) is 36.7 Å². The van der Waals surface area contributed by atoms with Crippen molar-refractivity contribution in [1.82, 2.24) is 9.78 Å². The number of hydrogen-bond donors (Lipinski definition) is 0. The first-order chi connectivity index (χ1) is 14.0. The van der Waals surface area contributed by atoms with Crippen molar-refractivity contribution in [1.29, 1.82) is 5.26 Å². The van der Waals surface area contributed by atoms with Crippen LogP contribution in [0.5, 0.6) is 0 Å². The minimum atomic E-state index is -1.48. The minimum Gasteiger partial charge on any atom is -0.477 e. The molecule has 0 bridgehead atoms. The first kappa shape index (κ1) is 23.7. The van der Waals surface area contributed by atoms with Crippen LogP contribution >= 0.6 is 0 Å². The first-order valence-corrected chi connectivity index (χ1v) is 17.4. The van der Waals surface area contributed by atoms with Crippen LogP contribution in [0.4, 0.5) is 0 Å². The maximum absolute atomic E-state index is 10.1. The van der Waals surface area contributed by atoms with Crippen LogP contribution in [-0.2, 0) is 11.3 Å². The third-order valence-corrected chi connectivity index (χ3v) is 7.56. The SMILES string of the molecule is CCn1nc(C)cc1C(OCC#C[Si](C)(C)C)=C(C#N)c1ccc([Si](C)(C)C)cc1. The molecule has 0 atom stereocenters. The van der Waals surface area contributed by atoms with Gasteiger partial charge in [0.05, 0.1) is 13.8 Å². The molecule has 2 aromatic rings. The summed E-state index contributed by atoms with van der Waals surface area (Å²) in [6.07, 6.45) is 0. The summed E-state index contributed by atoms with van der Waals surface area (Å²) >= 11 is 0. The third kappa shape index (κ3) is 6.22. The fraction of sp³-hybridized carbons (Fsp3) is 0.417. The molecule has 1 aromatic carbocycles. The molecule has 1 aromatic heterocycles. The Kier molecular flexibility index (Phi) is 7.52. The average molecular weight is 436 g/mol. The fourth-order valence-corrected chi connectivity index (χ4v) is 4.81. The summed E-state index contributed by atoms with van der Waals surface area (Å²) in [6, 6.07) is 12.7. The first-order valence-electron chi connectivity index (χ1n) is 10.4. The zero-order chi connectivity index (χ0) is 22.5. The van der Waals surface area contributed by atoms with Gasteiger partial charge in [0.2, 0.25) is 0 Å². The molecular formula is C24H33N3OSi2. The van der Waals surface area contributed by atoms with E-state index >= 15 is 0 Å². The van der Waals surface area contributed by atoms with Crippen LogP contribution in [0, 0.1) is 29.7 Å². The fourth-order valence-electron chi connectivity index (χ4n) is 3.04. The number of nitrogens with zero attached hydrogens (tertiary/aromatic N) is 3. The molecule has 0 radical (unpaired) electrons. The highest BCUT2D eigenvalue weighted by atomic mass is 28.3. The van der Waals surface area contributed by atoms with Gasteiger partial charge in [-0.1, -0.05) is 74.7 Å². The summed E-state index contributed by atoms with van der Waals surface area (Å²) in [5.41, 5.74) is 6.41. The summed E-state index contributed by atoms with van der Waals surface area (Å²) in [4.78, 5) is 0. The molecular weight excluding hydrogens is 402 g/mol. The van der Waals surface area contributed by atoms with Gasteiger partial charge in [0.25, 0.3) is 0 Å². The van der Waals surface area contributed by atoms with Crippen LogP contribution in [-0.4, -0.2) is 32.5 Å². The molecule has 0 saturated heterocycles. The molecule has 0 amide bonds. The van der Waals surface area contributed by atoms with Gasteiger partial charge in [-0.3, -0.25) is 4.68 Å². The number of aromatic nitrogens is 2. The van der Waals surface area contributed by atoms with E-state index in [4.69, 9.17) is 4.74 Å². The normalized spacial score (nSPS) is 12.5. The summed E-state index contributed by atoms with van der Waals surface area (Å²) in [5.74, 6) is 3.70. The number of rotatable bonds is 6. The second-order valence-electron chi connectivity index (χ2n) is 9.47. The van der Waals surface area contributed by atoms with Gasteiger partial charge >= 0.3 is 0 Å². The topological polar surface area (TPSA) is 50.8 Å². The maximum Gasteiger partial charge on any atom is 0.164 e. The van der Waals surface area contributed by atoms with Crippen molar-refractivity contribution in [3.05, 3.63) is 47.3 Å². The van der Waals surface area contributed by atoms with Crippen molar-refractivity contribution in [2.24, 2.45) is 0 Å². The molecule has 0 fully saturated rings. The molecule has 0 spiro atoms. The quantitative estimate of drug-likeness (QED) is 0.276. The summed E-state index contributed by atoms with van der Waals surface area (Å²) in [7, 11) is -2.89. The molecule has 0 aliphatic heterocycles. The Balaban J connectivity index is 2.57. The predicted molar refractivity (Wildman–Crippen MR) is 132 cm³/mol. The number of aryl methyl sites for hydroxylation is 2. The predicted octanol–water partition coefficient (Wildman–Crippen LogP) is 5.05. The lowest BCUT2D eigenvalue weighted by Gasteiger charge is -2.17. The van der Waals surface area contributed by atoms with E-state index in [2.05, 4.69) is 74.0 Å². The average Bonchev–Trinajstić information content (AvgIpc) is 3.03. The van der Waals surface area contributed by atoms with Gasteiger partial charge in [0, 0.05) is 6.54 Å². The molecule has 30 heavy (non-hydrogen) atoms. The van der Waals surface area contributed by atoms with Gasteiger partial charge in [-0.05, 0) is 25.5 Å². The lowest BCUT2D eigenvalue weighted by molar-refractivity contribution is 0.323. The molecule has 0 unspecified atom stereocenters. The zero-order valence-electron chi connectivity index (χ0n) is 19.6. The highest BCUT2D eigenvalue weighted by Crippen LogP contribution is 2.28. The van der Waals surface area contributed by atoms with Crippen LogP contribution in [0.2, 0.25) is 39.3 Å². The van der Waals surface area contributed by atoms with Crippen molar-refractivity contribution >= 4 is 32.7 Å². The molecule has 4 nitrogen and oxygen atoms in total. The number of benzene rings is 1. The van der Waals surface area contributed by atoms with E-state index in [-0.39, 0.29) is 6.61 Å². The van der Waals surface area contributed by atoms with Crippen molar-refractivity contribution < 1.29 is 4.74 Å². The highest BCUT2D eigenvalue weighted by Gasteiger charge is 2.20. The summed E-state index contributed by atoms with van der Waals surface area (Å²) < 4.78 is 8.02. The van der Waals surface area contributed by atoms with Gasteiger partial charge in [0.1, 0.15) is 32.0 Å². The maximum atomic E-state index is 10.1. The van der Waals surface area contributed by atoms with E-state index in [0.717, 1.165) is 17.0 Å². The van der Waals surface area contributed by atoms with Gasteiger partial charge in [-0.15, -0.1) is 5.54 Å². The largest absolute Gasteiger partial charge is 0.477 e. The Labute approximate surface area is 183 Å². The summed E-state index contributed by atoms with van der Waals surface area (Å²) in [6.45, 7) is 18.5. The molecule has 0 N–H and O–H groups in total. The van der Waals surface area contributed by atoms with E-state index in [1.165, 1.54) is 5.19 Å². The summed E-state index contributed by atoms with van der Waals surface area (Å²) in [5, 5.41) is 16.0. The Morgan fingerprint density at radius 2 is 1.73 bits per heavy atom. The van der Waals surface area contributed by atoms with E-state index < -0.39 is 16.1 Å². The van der Waals surface area contributed by atoms with Crippen LogP contribution in [0.1, 0.15) is 23.9 Å². The van der Waals surface area contributed by atoms with Gasteiger partial charge in [0.15, 0.2) is 5.76 Å². The molecule has 0 aliphatic rings. The van der Waals surface area contributed by atoms with E-state index in [1.54, 1.807) is 0 Å². The molecule has 1 heterocycles.